The van der Waals surface area contributed by atoms with Crippen LogP contribution in [0.4, 0.5) is 0 Å². The lowest BCUT2D eigenvalue weighted by Gasteiger charge is -2.32. The molecule has 8 heteroatoms. The van der Waals surface area contributed by atoms with Crippen molar-refractivity contribution in [1.82, 2.24) is 19.6 Å². The summed E-state index contributed by atoms with van der Waals surface area (Å²) in [6, 6.07) is 0. The number of thioether (sulfide) groups is 1. The van der Waals surface area contributed by atoms with Gasteiger partial charge in [0.2, 0.25) is 4.77 Å². The molecule has 3 aromatic heterocycles. The minimum atomic E-state index is -0.0747. The maximum atomic E-state index is 6.15. The Hall–Kier alpha value is -0.960. The molecule has 0 fully saturated rings. The molecule has 0 saturated heterocycles. The molecule has 0 bridgehead atoms. The summed E-state index contributed by atoms with van der Waals surface area (Å²) in [6.45, 7) is 7.17. The fraction of sp³-hybridized carbons (Fsp3) is 0.562. The Morgan fingerprint density at radius 1 is 1.46 bits per heavy atom. The van der Waals surface area contributed by atoms with Crippen molar-refractivity contribution in [2.75, 3.05) is 5.75 Å². The molecule has 0 spiro atoms. The summed E-state index contributed by atoms with van der Waals surface area (Å²) in [5.41, 5.74) is 3.08. The van der Waals surface area contributed by atoms with Crippen molar-refractivity contribution in [3.8, 4) is 0 Å². The van der Waals surface area contributed by atoms with Gasteiger partial charge in [-0.2, -0.15) is 5.10 Å². The van der Waals surface area contributed by atoms with Gasteiger partial charge in [0.25, 0.3) is 0 Å². The normalized spacial score (nSPS) is 20.8. The highest BCUT2D eigenvalue weighted by Crippen LogP contribution is 2.41. The Bertz CT molecular complexity index is 973. The highest BCUT2D eigenvalue weighted by atomic mass is 32.2. The summed E-state index contributed by atoms with van der Waals surface area (Å²) < 4.78 is 9.84. The van der Waals surface area contributed by atoms with Crippen molar-refractivity contribution in [3.63, 3.8) is 0 Å². The predicted octanol–water partition coefficient (Wildman–Crippen LogP) is 4.75. The van der Waals surface area contributed by atoms with E-state index in [0.29, 0.717) is 11.4 Å². The molecule has 1 atom stereocenters. The van der Waals surface area contributed by atoms with E-state index < -0.39 is 0 Å². The van der Waals surface area contributed by atoms with Crippen LogP contribution in [-0.4, -0.2) is 30.9 Å². The van der Waals surface area contributed by atoms with Crippen LogP contribution in [0, 0.1) is 4.77 Å². The number of aromatic nitrogens is 4. The second-order valence-corrected chi connectivity index (χ2v) is 8.93. The second-order valence-electron chi connectivity index (χ2n) is 6.38. The quantitative estimate of drug-likeness (QED) is 0.402. The van der Waals surface area contributed by atoms with Gasteiger partial charge in [0, 0.05) is 22.6 Å². The zero-order chi connectivity index (χ0) is 16.9. The predicted molar refractivity (Wildman–Crippen MR) is 102 cm³/mol. The van der Waals surface area contributed by atoms with Gasteiger partial charge in [0.05, 0.1) is 22.4 Å². The zero-order valence-electron chi connectivity index (χ0n) is 14.0. The van der Waals surface area contributed by atoms with E-state index in [2.05, 4.69) is 31.0 Å². The summed E-state index contributed by atoms with van der Waals surface area (Å²) in [4.78, 5) is 6.33. The number of fused-ring (bicyclic) bond motifs is 5. The maximum absolute atomic E-state index is 6.15. The molecule has 0 radical (unpaired) electrons. The van der Waals surface area contributed by atoms with Crippen molar-refractivity contribution >= 4 is 51.2 Å². The fourth-order valence-corrected chi connectivity index (χ4v) is 5.51. The number of aromatic amines is 1. The van der Waals surface area contributed by atoms with E-state index in [4.69, 9.17) is 21.9 Å². The van der Waals surface area contributed by atoms with E-state index >= 15 is 0 Å². The Morgan fingerprint density at radius 2 is 2.29 bits per heavy atom. The van der Waals surface area contributed by atoms with Gasteiger partial charge in [-0.15, -0.1) is 11.3 Å². The number of nitrogens with one attached hydrogen (secondary N) is 1. The van der Waals surface area contributed by atoms with Crippen molar-refractivity contribution in [2.45, 2.75) is 57.4 Å². The SMILES string of the molecule is CCCSc1nc2c3c(sc2c2n[nH]c(=S)n12)C[C@@](C)(CC)OC3. The van der Waals surface area contributed by atoms with Crippen LogP contribution in [0.2, 0.25) is 0 Å². The highest BCUT2D eigenvalue weighted by Gasteiger charge is 2.33. The monoisotopic (exact) mass is 380 g/mol. The Labute approximate surface area is 153 Å². The summed E-state index contributed by atoms with van der Waals surface area (Å²) in [5.74, 6) is 1.01. The van der Waals surface area contributed by atoms with Gasteiger partial charge >= 0.3 is 0 Å². The Kier molecular flexibility index (Phi) is 4.19. The standard InChI is InChI=1S/C16H20N4OS3/c1-4-6-23-15-17-11-9-8-21-16(3,5-2)7-10(9)24-12(11)13-18-19-14(22)20(13)15/h4-8H2,1-3H3,(H,19,22)/t16-/m1/s1. The molecular formula is C16H20N4OS3. The third-order valence-electron chi connectivity index (χ3n) is 4.62. The first kappa shape index (κ1) is 16.5. The largest absolute Gasteiger partial charge is 0.370 e. The van der Waals surface area contributed by atoms with Gasteiger partial charge in [-0.3, -0.25) is 5.10 Å². The van der Waals surface area contributed by atoms with Crippen molar-refractivity contribution in [3.05, 3.63) is 15.2 Å². The molecule has 5 nitrogen and oxygen atoms in total. The van der Waals surface area contributed by atoms with Crippen LogP contribution in [0.3, 0.4) is 0 Å². The van der Waals surface area contributed by atoms with Crippen LogP contribution in [-0.2, 0) is 17.8 Å². The second kappa shape index (κ2) is 6.09. The smallest absolute Gasteiger partial charge is 0.201 e. The lowest BCUT2D eigenvalue weighted by Crippen LogP contribution is -2.33. The summed E-state index contributed by atoms with van der Waals surface area (Å²) in [6.07, 6.45) is 3.04. The number of ether oxygens (including phenoxy) is 1. The third kappa shape index (κ3) is 2.51. The van der Waals surface area contributed by atoms with Crippen LogP contribution < -0.4 is 0 Å². The number of hydrogen-bond acceptors (Lipinski definition) is 6. The third-order valence-corrected chi connectivity index (χ3v) is 7.26. The van der Waals surface area contributed by atoms with E-state index in [1.807, 2.05) is 4.40 Å². The van der Waals surface area contributed by atoms with Gasteiger partial charge in [0.15, 0.2) is 10.8 Å². The summed E-state index contributed by atoms with van der Waals surface area (Å²) in [5, 5.41) is 8.33. The lowest BCUT2D eigenvalue weighted by molar-refractivity contribution is -0.0546. The molecule has 1 aliphatic rings. The van der Waals surface area contributed by atoms with E-state index in [1.165, 1.54) is 10.4 Å². The molecule has 1 N–H and O–H groups in total. The molecule has 0 saturated carbocycles. The van der Waals surface area contributed by atoms with Crippen LogP contribution >= 0.6 is 35.3 Å². The number of H-pyrrole nitrogens is 1. The van der Waals surface area contributed by atoms with Crippen molar-refractivity contribution in [2.24, 2.45) is 0 Å². The molecule has 0 aliphatic carbocycles. The molecule has 0 unspecified atom stereocenters. The molecule has 0 amide bonds. The Balaban J connectivity index is 1.96. The van der Waals surface area contributed by atoms with E-state index in [0.717, 1.165) is 46.0 Å². The summed E-state index contributed by atoms with van der Waals surface area (Å²) >= 11 is 8.95. The number of thiophene rings is 1. The van der Waals surface area contributed by atoms with Gasteiger partial charge in [-0.25, -0.2) is 9.38 Å². The molecule has 4 rings (SSSR count). The molecule has 0 aromatic carbocycles. The lowest BCUT2D eigenvalue weighted by atomic mass is 9.93. The minimum absolute atomic E-state index is 0.0747. The van der Waals surface area contributed by atoms with Crippen molar-refractivity contribution < 1.29 is 4.74 Å². The number of nitrogens with zero attached hydrogens (tertiary/aromatic N) is 3. The van der Waals surface area contributed by atoms with E-state index in [-0.39, 0.29) is 5.60 Å². The first-order valence-corrected chi connectivity index (χ1v) is 10.5. The minimum Gasteiger partial charge on any atom is -0.370 e. The summed E-state index contributed by atoms with van der Waals surface area (Å²) in [7, 11) is 0. The fourth-order valence-electron chi connectivity index (χ4n) is 2.99. The maximum Gasteiger partial charge on any atom is 0.201 e. The molecule has 1 aliphatic heterocycles. The van der Waals surface area contributed by atoms with E-state index in [9.17, 15) is 0 Å². The molecule has 128 valence electrons. The van der Waals surface area contributed by atoms with Crippen LogP contribution in [0.15, 0.2) is 5.16 Å². The first-order valence-electron chi connectivity index (χ1n) is 8.24. The Morgan fingerprint density at radius 3 is 3.04 bits per heavy atom. The van der Waals surface area contributed by atoms with Gasteiger partial charge in [0.1, 0.15) is 0 Å². The molecule has 3 aromatic rings. The molecule has 24 heavy (non-hydrogen) atoms. The highest BCUT2D eigenvalue weighted by molar-refractivity contribution is 7.99. The topological polar surface area (TPSA) is 55.2 Å². The van der Waals surface area contributed by atoms with Gasteiger partial charge in [-0.1, -0.05) is 25.6 Å². The van der Waals surface area contributed by atoms with Gasteiger partial charge in [-0.05, 0) is 32.0 Å². The van der Waals surface area contributed by atoms with Crippen molar-refractivity contribution in [1.29, 1.82) is 0 Å². The van der Waals surface area contributed by atoms with Gasteiger partial charge < -0.3 is 4.74 Å². The molecular weight excluding hydrogens is 360 g/mol. The molecule has 4 heterocycles. The number of rotatable bonds is 4. The number of hydrogen-bond donors (Lipinski definition) is 1. The first-order chi connectivity index (χ1) is 11.6. The van der Waals surface area contributed by atoms with Crippen LogP contribution in [0.5, 0.6) is 0 Å². The average Bonchev–Trinajstić information content (AvgIpc) is 3.13. The van der Waals surface area contributed by atoms with Crippen LogP contribution in [0.25, 0.3) is 15.9 Å². The van der Waals surface area contributed by atoms with E-state index in [1.54, 1.807) is 23.1 Å². The van der Waals surface area contributed by atoms with Crippen LogP contribution in [0.1, 0.15) is 44.1 Å². The average molecular weight is 381 g/mol. The zero-order valence-corrected chi connectivity index (χ0v) is 16.5.